The zero-order valence-electron chi connectivity index (χ0n) is 13.1. The van der Waals surface area contributed by atoms with Crippen LogP contribution in [0.5, 0.6) is 0 Å². The van der Waals surface area contributed by atoms with Crippen molar-refractivity contribution in [1.29, 1.82) is 0 Å². The molecule has 0 spiro atoms. The van der Waals surface area contributed by atoms with Crippen LogP contribution in [0.1, 0.15) is 5.82 Å². The fourth-order valence-corrected chi connectivity index (χ4v) is 2.66. The highest BCUT2D eigenvalue weighted by Gasteiger charge is 2.13. The van der Waals surface area contributed by atoms with Crippen LogP contribution in [0.25, 0.3) is 22.4 Å². The van der Waals surface area contributed by atoms with Gasteiger partial charge < -0.3 is 9.40 Å². The third-order valence-electron chi connectivity index (χ3n) is 3.71. The van der Waals surface area contributed by atoms with E-state index in [1.807, 2.05) is 0 Å². The average molecular weight is 373 g/mol. The lowest BCUT2D eigenvalue weighted by atomic mass is 10.2. The number of H-pyrrole nitrogens is 1. The van der Waals surface area contributed by atoms with Crippen LogP contribution in [0.4, 0.5) is 4.39 Å². The summed E-state index contributed by atoms with van der Waals surface area (Å²) in [7, 11) is 0. The van der Waals surface area contributed by atoms with Gasteiger partial charge in [-0.15, -0.1) is 5.10 Å². The SMILES string of the molecule is O=c1[nH]c(Cn2nc(-c3ccc(F)cc3)oc2=O)nc2ccc(Cl)cc12. The van der Waals surface area contributed by atoms with E-state index in [9.17, 15) is 14.0 Å². The predicted molar refractivity (Wildman–Crippen MR) is 92.6 cm³/mol. The average Bonchev–Trinajstić information content (AvgIpc) is 2.97. The van der Waals surface area contributed by atoms with E-state index in [2.05, 4.69) is 15.1 Å². The quantitative estimate of drug-likeness (QED) is 0.596. The van der Waals surface area contributed by atoms with Crippen molar-refractivity contribution in [2.45, 2.75) is 6.54 Å². The van der Waals surface area contributed by atoms with E-state index in [0.717, 1.165) is 4.68 Å². The molecule has 4 rings (SSSR count). The molecule has 0 aliphatic carbocycles. The van der Waals surface area contributed by atoms with Gasteiger partial charge in [-0.1, -0.05) is 11.6 Å². The topological polar surface area (TPSA) is 93.8 Å². The lowest BCUT2D eigenvalue weighted by Gasteiger charge is -2.02. The summed E-state index contributed by atoms with van der Waals surface area (Å²) in [6.07, 6.45) is 0. The van der Waals surface area contributed by atoms with Crippen molar-refractivity contribution >= 4 is 22.5 Å². The minimum atomic E-state index is -0.719. The molecule has 0 radical (unpaired) electrons. The Balaban J connectivity index is 1.70. The third-order valence-corrected chi connectivity index (χ3v) is 3.95. The molecule has 0 saturated heterocycles. The first-order chi connectivity index (χ1) is 12.5. The summed E-state index contributed by atoms with van der Waals surface area (Å²) >= 11 is 5.88. The maximum absolute atomic E-state index is 13.0. The van der Waals surface area contributed by atoms with E-state index in [4.69, 9.17) is 16.0 Å². The lowest BCUT2D eigenvalue weighted by molar-refractivity contribution is 0.491. The monoisotopic (exact) mass is 372 g/mol. The van der Waals surface area contributed by atoms with Gasteiger partial charge in [0.2, 0.25) is 5.89 Å². The zero-order chi connectivity index (χ0) is 18.3. The second kappa shape index (κ2) is 6.23. The number of halogens is 2. The normalized spacial score (nSPS) is 11.2. The van der Waals surface area contributed by atoms with Gasteiger partial charge in [-0.3, -0.25) is 4.79 Å². The van der Waals surface area contributed by atoms with Crippen molar-refractivity contribution < 1.29 is 8.81 Å². The number of fused-ring (bicyclic) bond motifs is 1. The molecule has 7 nitrogen and oxygen atoms in total. The number of aromatic amines is 1. The van der Waals surface area contributed by atoms with Crippen LogP contribution in [0.3, 0.4) is 0 Å². The number of nitrogens with one attached hydrogen (secondary N) is 1. The molecule has 2 heterocycles. The molecule has 130 valence electrons. The van der Waals surface area contributed by atoms with Crippen LogP contribution in [0.15, 0.2) is 56.5 Å². The molecule has 0 aliphatic rings. The summed E-state index contributed by atoms with van der Waals surface area (Å²) in [6.45, 7) is -0.0860. The van der Waals surface area contributed by atoms with Gasteiger partial charge in [0.15, 0.2) is 0 Å². The summed E-state index contributed by atoms with van der Waals surface area (Å²) in [5.41, 5.74) is 0.531. The zero-order valence-corrected chi connectivity index (χ0v) is 13.8. The van der Waals surface area contributed by atoms with Gasteiger partial charge >= 0.3 is 5.76 Å². The van der Waals surface area contributed by atoms with Crippen molar-refractivity contribution in [3.63, 3.8) is 0 Å². The Morgan fingerprint density at radius 3 is 2.69 bits per heavy atom. The second-order valence-corrected chi connectivity index (χ2v) is 5.95. The molecule has 26 heavy (non-hydrogen) atoms. The van der Waals surface area contributed by atoms with Gasteiger partial charge in [-0.25, -0.2) is 14.2 Å². The number of rotatable bonds is 3. The van der Waals surface area contributed by atoms with Gasteiger partial charge in [-0.2, -0.15) is 4.68 Å². The van der Waals surface area contributed by atoms with Crippen molar-refractivity contribution in [3.05, 3.63) is 80.0 Å². The Bertz CT molecular complexity index is 1230. The molecule has 0 bridgehead atoms. The van der Waals surface area contributed by atoms with E-state index >= 15 is 0 Å². The number of hydrogen-bond donors (Lipinski definition) is 1. The first kappa shape index (κ1) is 16.2. The molecule has 2 aromatic heterocycles. The number of nitrogens with zero attached hydrogens (tertiary/aromatic N) is 3. The standard InChI is InChI=1S/C17H10ClFN4O3/c18-10-3-6-13-12(7-10)15(24)21-14(20-13)8-23-17(25)26-16(22-23)9-1-4-11(19)5-2-9/h1-7H,8H2,(H,20,21,24). The molecule has 0 unspecified atom stereocenters. The summed E-state index contributed by atoms with van der Waals surface area (Å²) in [5.74, 6) is -0.840. The molecule has 0 amide bonds. The van der Waals surface area contributed by atoms with E-state index in [-0.39, 0.29) is 23.8 Å². The molecule has 0 saturated carbocycles. The maximum Gasteiger partial charge on any atom is 0.437 e. The summed E-state index contributed by atoms with van der Waals surface area (Å²) in [6, 6.07) is 10.1. The Hall–Kier alpha value is -3.26. The van der Waals surface area contributed by atoms with Gasteiger partial charge in [0.1, 0.15) is 18.2 Å². The molecular formula is C17H10ClFN4O3. The fourth-order valence-electron chi connectivity index (χ4n) is 2.49. The number of benzene rings is 2. The van der Waals surface area contributed by atoms with Gasteiger partial charge in [0.25, 0.3) is 5.56 Å². The highest BCUT2D eigenvalue weighted by molar-refractivity contribution is 6.31. The van der Waals surface area contributed by atoms with E-state index in [1.54, 1.807) is 12.1 Å². The van der Waals surface area contributed by atoms with E-state index in [1.165, 1.54) is 30.3 Å². The van der Waals surface area contributed by atoms with Crippen LogP contribution in [-0.2, 0) is 6.54 Å². The smallest absolute Gasteiger partial charge is 0.388 e. The maximum atomic E-state index is 13.0. The largest absolute Gasteiger partial charge is 0.437 e. The fraction of sp³-hybridized carbons (Fsp3) is 0.0588. The molecule has 1 N–H and O–H groups in total. The first-order valence-corrected chi connectivity index (χ1v) is 7.90. The molecule has 0 atom stereocenters. The van der Waals surface area contributed by atoms with Crippen LogP contribution < -0.4 is 11.3 Å². The second-order valence-electron chi connectivity index (χ2n) is 5.51. The van der Waals surface area contributed by atoms with Crippen LogP contribution in [-0.4, -0.2) is 19.7 Å². The Kier molecular flexibility index (Phi) is 3.89. The molecule has 9 heteroatoms. The Morgan fingerprint density at radius 1 is 1.15 bits per heavy atom. The Labute approximate surface area is 149 Å². The van der Waals surface area contributed by atoms with Gasteiger partial charge in [0, 0.05) is 10.6 Å². The summed E-state index contributed by atoms with van der Waals surface area (Å²) in [5, 5.41) is 4.83. The van der Waals surface area contributed by atoms with E-state index < -0.39 is 11.6 Å². The highest BCUT2D eigenvalue weighted by Crippen LogP contribution is 2.16. The molecule has 0 fully saturated rings. The molecule has 0 aliphatic heterocycles. The van der Waals surface area contributed by atoms with Crippen molar-refractivity contribution in [2.75, 3.05) is 0 Å². The highest BCUT2D eigenvalue weighted by atomic mass is 35.5. The minimum Gasteiger partial charge on any atom is -0.388 e. The van der Waals surface area contributed by atoms with Crippen LogP contribution >= 0.6 is 11.6 Å². The van der Waals surface area contributed by atoms with Gasteiger partial charge in [-0.05, 0) is 42.5 Å². The predicted octanol–water partition coefficient (Wildman–Crippen LogP) is 2.58. The number of aromatic nitrogens is 4. The minimum absolute atomic E-state index is 0.0462. The number of hydrogen-bond acceptors (Lipinski definition) is 5. The van der Waals surface area contributed by atoms with Crippen LogP contribution in [0, 0.1) is 5.82 Å². The Morgan fingerprint density at radius 2 is 1.92 bits per heavy atom. The lowest BCUT2D eigenvalue weighted by Crippen LogP contribution is -2.21. The van der Waals surface area contributed by atoms with Gasteiger partial charge in [0.05, 0.1) is 10.9 Å². The molecular weight excluding hydrogens is 363 g/mol. The summed E-state index contributed by atoms with van der Waals surface area (Å²) < 4.78 is 19.1. The summed E-state index contributed by atoms with van der Waals surface area (Å²) in [4.78, 5) is 31.1. The van der Waals surface area contributed by atoms with Crippen molar-refractivity contribution in [2.24, 2.45) is 0 Å². The third kappa shape index (κ3) is 3.02. The van der Waals surface area contributed by atoms with Crippen LogP contribution in [0.2, 0.25) is 5.02 Å². The van der Waals surface area contributed by atoms with Crippen molar-refractivity contribution in [3.8, 4) is 11.5 Å². The van der Waals surface area contributed by atoms with E-state index in [0.29, 0.717) is 21.5 Å². The van der Waals surface area contributed by atoms with Crippen molar-refractivity contribution in [1.82, 2.24) is 19.7 Å². The molecule has 2 aromatic carbocycles. The first-order valence-electron chi connectivity index (χ1n) is 7.52. The molecule has 4 aromatic rings.